The first-order valence-corrected chi connectivity index (χ1v) is 7.06. The Morgan fingerprint density at radius 3 is 3.11 bits per heavy atom. The maximum absolute atomic E-state index is 11.4. The fraction of sp³-hybridized carbons (Fsp3) is 0.714. The lowest BCUT2D eigenvalue weighted by Crippen LogP contribution is -2.48. The van der Waals surface area contributed by atoms with Crippen molar-refractivity contribution >= 4 is 5.82 Å². The van der Waals surface area contributed by atoms with Crippen LogP contribution in [0.5, 0.6) is 0 Å². The number of rotatable bonds is 2. The normalized spacial score (nSPS) is 31.0. The van der Waals surface area contributed by atoms with Crippen molar-refractivity contribution in [3.8, 4) is 0 Å². The standard InChI is InChI=1S/C14H21N3O2/c1-19-11-4-2-5-14(11)6-3-7-17(9-14)12-8-13(18)16-10-15-12/h8,10-11H,2-7,9H2,1H3,(H,15,16,18)/t11-,14-/m1/s1. The number of nitrogens with zero attached hydrogens (tertiary/aromatic N) is 2. The highest BCUT2D eigenvalue weighted by Crippen LogP contribution is 2.46. The minimum Gasteiger partial charge on any atom is -0.381 e. The van der Waals surface area contributed by atoms with Crippen LogP contribution in [0.2, 0.25) is 0 Å². The molecule has 1 N–H and O–H groups in total. The molecule has 19 heavy (non-hydrogen) atoms. The predicted molar refractivity (Wildman–Crippen MR) is 73.4 cm³/mol. The van der Waals surface area contributed by atoms with E-state index in [1.54, 1.807) is 6.07 Å². The summed E-state index contributed by atoms with van der Waals surface area (Å²) >= 11 is 0. The number of hydrogen-bond donors (Lipinski definition) is 1. The van der Waals surface area contributed by atoms with E-state index in [1.165, 1.54) is 25.6 Å². The Labute approximate surface area is 113 Å². The number of H-pyrrole nitrogens is 1. The molecule has 0 amide bonds. The van der Waals surface area contributed by atoms with E-state index < -0.39 is 0 Å². The van der Waals surface area contributed by atoms with E-state index in [0.717, 1.165) is 31.7 Å². The Morgan fingerprint density at radius 2 is 2.32 bits per heavy atom. The molecular formula is C14H21N3O2. The predicted octanol–water partition coefficient (Wildman–Crippen LogP) is 1.56. The highest BCUT2D eigenvalue weighted by molar-refractivity contribution is 5.38. The minimum absolute atomic E-state index is 0.0839. The summed E-state index contributed by atoms with van der Waals surface area (Å²) in [6.07, 6.45) is 7.85. The van der Waals surface area contributed by atoms with Crippen LogP contribution in [0.3, 0.4) is 0 Å². The molecule has 3 rings (SSSR count). The third-order valence-electron chi connectivity index (χ3n) is 4.70. The van der Waals surface area contributed by atoms with Gasteiger partial charge in [0.2, 0.25) is 0 Å². The van der Waals surface area contributed by atoms with E-state index in [-0.39, 0.29) is 11.0 Å². The third kappa shape index (κ3) is 2.27. The van der Waals surface area contributed by atoms with Gasteiger partial charge in [0.05, 0.1) is 12.4 Å². The minimum atomic E-state index is -0.0839. The van der Waals surface area contributed by atoms with Gasteiger partial charge in [-0.25, -0.2) is 4.98 Å². The second-order valence-electron chi connectivity index (χ2n) is 5.77. The first-order chi connectivity index (χ1) is 9.23. The maximum atomic E-state index is 11.4. The summed E-state index contributed by atoms with van der Waals surface area (Å²) in [5.74, 6) is 0.796. The zero-order chi connectivity index (χ0) is 13.3. The van der Waals surface area contributed by atoms with Crippen molar-refractivity contribution in [1.29, 1.82) is 0 Å². The van der Waals surface area contributed by atoms with E-state index >= 15 is 0 Å². The van der Waals surface area contributed by atoms with Crippen LogP contribution in [0, 0.1) is 5.41 Å². The molecule has 1 aromatic heterocycles. The van der Waals surface area contributed by atoms with E-state index in [1.807, 2.05) is 7.11 Å². The lowest BCUT2D eigenvalue weighted by molar-refractivity contribution is 0.00216. The quantitative estimate of drug-likeness (QED) is 0.879. The van der Waals surface area contributed by atoms with Crippen molar-refractivity contribution in [3.63, 3.8) is 0 Å². The molecular weight excluding hydrogens is 242 g/mol. The van der Waals surface area contributed by atoms with Crippen molar-refractivity contribution in [1.82, 2.24) is 9.97 Å². The van der Waals surface area contributed by atoms with E-state index in [9.17, 15) is 4.79 Å². The molecule has 104 valence electrons. The molecule has 5 nitrogen and oxygen atoms in total. The molecule has 1 aromatic rings. The van der Waals surface area contributed by atoms with Gasteiger partial charge < -0.3 is 14.6 Å². The Balaban J connectivity index is 1.83. The largest absolute Gasteiger partial charge is 0.381 e. The van der Waals surface area contributed by atoms with Gasteiger partial charge in [-0.2, -0.15) is 0 Å². The van der Waals surface area contributed by atoms with Crippen LogP contribution in [0.4, 0.5) is 5.82 Å². The van der Waals surface area contributed by atoms with Gasteiger partial charge in [0, 0.05) is 31.7 Å². The Morgan fingerprint density at radius 1 is 1.47 bits per heavy atom. The van der Waals surface area contributed by atoms with E-state index in [0.29, 0.717) is 6.10 Å². The fourth-order valence-electron chi connectivity index (χ4n) is 3.83. The Hall–Kier alpha value is -1.36. The number of aromatic nitrogens is 2. The third-order valence-corrected chi connectivity index (χ3v) is 4.70. The van der Waals surface area contributed by atoms with Crippen LogP contribution in [0.15, 0.2) is 17.2 Å². The molecule has 2 heterocycles. The molecule has 0 bridgehead atoms. The average molecular weight is 263 g/mol. The fourth-order valence-corrected chi connectivity index (χ4v) is 3.83. The second-order valence-corrected chi connectivity index (χ2v) is 5.77. The summed E-state index contributed by atoms with van der Waals surface area (Å²) < 4.78 is 5.70. The van der Waals surface area contributed by atoms with Gasteiger partial charge in [-0.3, -0.25) is 4.79 Å². The smallest absolute Gasteiger partial charge is 0.252 e. The topological polar surface area (TPSA) is 58.2 Å². The van der Waals surface area contributed by atoms with Gasteiger partial charge in [-0.15, -0.1) is 0 Å². The van der Waals surface area contributed by atoms with Crippen LogP contribution < -0.4 is 10.5 Å². The molecule has 1 aliphatic carbocycles. The van der Waals surface area contributed by atoms with Gasteiger partial charge >= 0.3 is 0 Å². The van der Waals surface area contributed by atoms with Crippen LogP contribution in [0.25, 0.3) is 0 Å². The SMILES string of the molecule is CO[C@@H]1CCC[C@]12CCCN(c1cc(=O)[nH]cn1)C2. The van der Waals surface area contributed by atoms with Gasteiger partial charge in [0.1, 0.15) is 5.82 Å². The first-order valence-electron chi connectivity index (χ1n) is 7.06. The zero-order valence-electron chi connectivity index (χ0n) is 11.4. The highest BCUT2D eigenvalue weighted by Gasteiger charge is 2.46. The molecule has 1 saturated heterocycles. The van der Waals surface area contributed by atoms with E-state index in [4.69, 9.17) is 4.74 Å². The van der Waals surface area contributed by atoms with Crippen molar-refractivity contribution in [2.45, 2.75) is 38.2 Å². The Bertz CT molecular complexity index is 501. The molecule has 2 fully saturated rings. The summed E-state index contributed by atoms with van der Waals surface area (Å²) in [6, 6.07) is 1.59. The van der Waals surface area contributed by atoms with Gasteiger partial charge in [-0.1, -0.05) is 6.42 Å². The molecule has 0 radical (unpaired) electrons. The van der Waals surface area contributed by atoms with Crippen LogP contribution in [-0.4, -0.2) is 36.3 Å². The number of anilines is 1. The maximum Gasteiger partial charge on any atom is 0.252 e. The molecule has 1 saturated carbocycles. The van der Waals surface area contributed by atoms with Crippen LogP contribution >= 0.6 is 0 Å². The van der Waals surface area contributed by atoms with Crippen LogP contribution in [-0.2, 0) is 4.74 Å². The second kappa shape index (κ2) is 4.96. The molecule has 2 atom stereocenters. The molecule has 0 aromatic carbocycles. The number of piperidine rings is 1. The number of hydrogen-bond acceptors (Lipinski definition) is 4. The molecule has 2 aliphatic rings. The van der Waals surface area contributed by atoms with Gasteiger partial charge in [-0.05, 0) is 25.7 Å². The first kappa shape index (κ1) is 12.7. The average Bonchev–Trinajstić information content (AvgIpc) is 2.81. The van der Waals surface area contributed by atoms with Gasteiger partial charge in [0.25, 0.3) is 5.56 Å². The number of methoxy groups -OCH3 is 1. The van der Waals surface area contributed by atoms with Gasteiger partial charge in [0.15, 0.2) is 0 Å². The lowest BCUT2D eigenvalue weighted by Gasteiger charge is -2.44. The van der Waals surface area contributed by atoms with Crippen molar-refractivity contribution < 1.29 is 4.74 Å². The summed E-state index contributed by atoms with van der Waals surface area (Å²) in [4.78, 5) is 20.5. The number of nitrogens with one attached hydrogen (secondary N) is 1. The monoisotopic (exact) mass is 263 g/mol. The number of ether oxygens (including phenoxy) is 1. The summed E-state index contributed by atoms with van der Waals surface area (Å²) in [7, 11) is 1.82. The summed E-state index contributed by atoms with van der Waals surface area (Å²) in [6.45, 7) is 1.94. The summed E-state index contributed by atoms with van der Waals surface area (Å²) in [5, 5.41) is 0. The van der Waals surface area contributed by atoms with Crippen molar-refractivity contribution in [2.24, 2.45) is 5.41 Å². The number of aromatic amines is 1. The van der Waals surface area contributed by atoms with Crippen LogP contribution in [0.1, 0.15) is 32.1 Å². The molecule has 0 unspecified atom stereocenters. The highest BCUT2D eigenvalue weighted by atomic mass is 16.5. The molecule has 1 aliphatic heterocycles. The van der Waals surface area contributed by atoms with Crippen molar-refractivity contribution in [3.05, 3.63) is 22.7 Å². The van der Waals surface area contributed by atoms with E-state index in [2.05, 4.69) is 14.9 Å². The lowest BCUT2D eigenvalue weighted by atomic mass is 9.76. The molecule has 5 heteroatoms. The Kier molecular flexibility index (Phi) is 3.31. The summed E-state index contributed by atoms with van der Waals surface area (Å²) in [5.41, 5.74) is 0.177. The zero-order valence-corrected chi connectivity index (χ0v) is 11.4. The van der Waals surface area contributed by atoms with Crippen molar-refractivity contribution in [2.75, 3.05) is 25.1 Å². The molecule has 1 spiro atoms.